The number of aromatic nitrogens is 2. The van der Waals surface area contributed by atoms with Gasteiger partial charge in [-0.15, -0.1) is 11.3 Å². The molecule has 1 N–H and O–H groups in total. The highest BCUT2D eigenvalue weighted by atomic mass is 35.5. The molecule has 4 nitrogen and oxygen atoms in total. The largest absolute Gasteiger partial charge is 0.321 e. The Hall–Kier alpha value is -2.11. The van der Waals surface area contributed by atoms with Crippen LogP contribution in [0, 0.1) is 13.8 Å². The summed E-state index contributed by atoms with van der Waals surface area (Å²) in [5.74, 6) is -0.112. The number of thiazole rings is 1. The molecule has 0 fully saturated rings. The van der Waals surface area contributed by atoms with E-state index < -0.39 is 0 Å². The Morgan fingerprint density at radius 1 is 1.36 bits per heavy atom. The number of nitrogens with one attached hydrogen (secondary N) is 1. The van der Waals surface area contributed by atoms with Crippen molar-refractivity contribution in [2.24, 2.45) is 0 Å². The van der Waals surface area contributed by atoms with Crippen molar-refractivity contribution in [1.82, 2.24) is 9.38 Å². The molecular formula is C16H12ClN3OS. The predicted molar refractivity (Wildman–Crippen MR) is 90.5 cm³/mol. The zero-order valence-corrected chi connectivity index (χ0v) is 13.5. The fourth-order valence-electron chi connectivity index (χ4n) is 2.70. The molecule has 0 spiro atoms. The van der Waals surface area contributed by atoms with Crippen LogP contribution in [0.1, 0.15) is 21.8 Å². The molecule has 6 heteroatoms. The van der Waals surface area contributed by atoms with E-state index >= 15 is 0 Å². The van der Waals surface area contributed by atoms with Gasteiger partial charge in [0, 0.05) is 21.7 Å². The van der Waals surface area contributed by atoms with Crippen molar-refractivity contribution in [3.63, 3.8) is 0 Å². The molecule has 0 atom stereocenters. The minimum atomic E-state index is -0.112. The molecule has 0 saturated heterocycles. The average molecular weight is 330 g/mol. The Morgan fingerprint density at radius 3 is 3.00 bits per heavy atom. The summed E-state index contributed by atoms with van der Waals surface area (Å²) in [7, 11) is 0. The predicted octanol–water partition coefficient (Wildman–Crippen LogP) is 4.16. The number of imidazole rings is 1. The van der Waals surface area contributed by atoms with Crippen LogP contribution >= 0.6 is 22.9 Å². The fraction of sp³-hybridized carbons (Fsp3) is 0.125. The number of hydrogen-bond donors (Lipinski definition) is 1. The van der Waals surface area contributed by atoms with Gasteiger partial charge >= 0.3 is 0 Å². The van der Waals surface area contributed by atoms with Crippen molar-refractivity contribution in [2.75, 3.05) is 5.32 Å². The maximum Gasteiger partial charge on any atom is 0.256 e. The maximum atomic E-state index is 12.3. The van der Waals surface area contributed by atoms with Crippen LogP contribution in [0.5, 0.6) is 0 Å². The molecular weight excluding hydrogens is 318 g/mol. The van der Waals surface area contributed by atoms with E-state index in [2.05, 4.69) is 10.3 Å². The average Bonchev–Trinajstić information content (AvgIpc) is 3.03. The zero-order chi connectivity index (χ0) is 15.4. The number of rotatable bonds is 1. The highest BCUT2D eigenvalue weighted by Crippen LogP contribution is 2.35. The molecule has 1 aromatic carbocycles. The van der Waals surface area contributed by atoms with Gasteiger partial charge < -0.3 is 5.32 Å². The van der Waals surface area contributed by atoms with E-state index in [1.54, 1.807) is 23.5 Å². The number of nitrogens with zero attached hydrogens (tertiary/aromatic N) is 2. The molecule has 1 aliphatic rings. The number of benzene rings is 1. The van der Waals surface area contributed by atoms with Crippen molar-refractivity contribution in [3.8, 4) is 0 Å². The number of halogens is 1. The number of carbonyl (C=O) groups excluding carboxylic acids is 1. The first kappa shape index (κ1) is 13.5. The lowest BCUT2D eigenvalue weighted by Gasteiger charge is -1.99. The number of carbonyl (C=O) groups is 1. The second kappa shape index (κ2) is 4.69. The van der Waals surface area contributed by atoms with Crippen molar-refractivity contribution in [3.05, 3.63) is 51.2 Å². The van der Waals surface area contributed by atoms with E-state index in [9.17, 15) is 4.79 Å². The second-order valence-corrected chi connectivity index (χ2v) is 6.93. The van der Waals surface area contributed by atoms with Gasteiger partial charge in [0.1, 0.15) is 0 Å². The summed E-state index contributed by atoms with van der Waals surface area (Å²) in [6.45, 7) is 4.00. The first-order chi connectivity index (χ1) is 10.5. The van der Waals surface area contributed by atoms with Crippen LogP contribution < -0.4 is 5.32 Å². The lowest BCUT2D eigenvalue weighted by atomic mass is 10.1. The Morgan fingerprint density at radius 2 is 2.18 bits per heavy atom. The van der Waals surface area contributed by atoms with Crippen molar-refractivity contribution < 1.29 is 4.79 Å². The molecule has 0 saturated carbocycles. The van der Waals surface area contributed by atoms with Gasteiger partial charge in [-0.3, -0.25) is 9.20 Å². The van der Waals surface area contributed by atoms with Crippen LogP contribution in [0.15, 0.2) is 24.4 Å². The molecule has 3 heterocycles. The Kier molecular flexibility index (Phi) is 2.89. The Balaban J connectivity index is 1.92. The van der Waals surface area contributed by atoms with E-state index in [0.29, 0.717) is 10.6 Å². The molecule has 1 aliphatic heterocycles. The lowest BCUT2D eigenvalue weighted by molar-refractivity contribution is -0.110. The van der Waals surface area contributed by atoms with E-state index in [0.717, 1.165) is 27.6 Å². The molecule has 0 unspecified atom stereocenters. The third-order valence-electron chi connectivity index (χ3n) is 3.71. The van der Waals surface area contributed by atoms with Gasteiger partial charge in [-0.05, 0) is 32.1 Å². The minimum Gasteiger partial charge on any atom is -0.321 e. The van der Waals surface area contributed by atoms with Crippen LogP contribution in [0.2, 0.25) is 5.02 Å². The summed E-state index contributed by atoms with van der Waals surface area (Å²) in [5.41, 5.74) is 4.11. The number of aryl methyl sites for hydroxylation is 2. The maximum absolute atomic E-state index is 12.3. The Bertz CT molecular complexity index is 967. The normalized spacial score (nSPS) is 15.6. The van der Waals surface area contributed by atoms with Crippen molar-refractivity contribution in [1.29, 1.82) is 0 Å². The van der Waals surface area contributed by atoms with E-state index in [-0.39, 0.29) is 5.91 Å². The van der Waals surface area contributed by atoms with Crippen molar-refractivity contribution >= 4 is 51.1 Å². The van der Waals surface area contributed by atoms with Crippen molar-refractivity contribution in [2.45, 2.75) is 13.8 Å². The van der Waals surface area contributed by atoms with E-state index in [1.165, 1.54) is 4.88 Å². The Labute approximate surface area is 136 Å². The standard InChI is InChI=1S/C16H12ClN3OS/c1-8-7-20-14(9(2)18-16(20)22-8)6-12-11-4-3-10(17)5-13(11)19-15(12)21/h3-7H,1-2H3,(H,19,21)/b12-6+. The topological polar surface area (TPSA) is 46.4 Å². The fourth-order valence-corrected chi connectivity index (χ4v) is 3.75. The van der Waals surface area contributed by atoms with Gasteiger partial charge in [-0.25, -0.2) is 4.98 Å². The van der Waals surface area contributed by atoms with Gasteiger partial charge in [0.05, 0.1) is 22.6 Å². The van der Waals surface area contributed by atoms with Crippen LogP contribution in [0.3, 0.4) is 0 Å². The third-order valence-corrected chi connectivity index (χ3v) is 4.84. The smallest absolute Gasteiger partial charge is 0.256 e. The molecule has 3 aromatic rings. The molecule has 4 rings (SSSR count). The molecule has 0 radical (unpaired) electrons. The number of anilines is 1. The summed E-state index contributed by atoms with van der Waals surface area (Å²) in [5, 5.41) is 3.46. The summed E-state index contributed by atoms with van der Waals surface area (Å²) in [4.78, 5) is 19.0. The highest BCUT2D eigenvalue weighted by Gasteiger charge is 2.25. The van der Waals surface area contributed by atoms with Gasteiger partial charge in [0.15, 0.2) is 4.96 Å². The number of hydrogen-bond acceptors (Lipinski definition) is 3. The number of amides is 1. The summed E-state index contributed by atoms with van der Waals surface area (Å²) < 4.78 is 2.03. The van der Waals surface area contributed by atoms with Gasteiger partial charge in [-0.2, -0.15) is 0 Å². The third kappa shape index (κ3) is 1.97. The number of fused-ring (bicyclic) bond motifs is 2. The summed E-state index contributed by atoms with van der Waals surface area (Å²) in [6, 6.07) is 5.43. The zero-order valence-electron chi connectivity index (χ0n) is 12.0. The molecule has 22 heavy (non-hydrogen) atoms. The van der Waals surface area contributed by atoms with Crippen LogP contribution in [-0.2, 0) is 4.79 Å². The monoisotopic (exact) mass is 329 g/mol. The molecule has 0 aliphatic carbocycles. The van der Waals surface area contributed by atoms with Crippen LogP contribution in [0.4, 0.5) is 5.69 Å². The van der Waals surface area contributed by atoms with Gasteiger partial charge in [-0.1, -0.05) is 17.7 Å². The van der Waals surface area contributed by atoms with Crippen LogP contribution in [-0.4, -0.2) is 15.3 Å². The molecule has 2 aromatic heterocycles. The minimum absolute atomic E-state index is 0.112. The van der Waals surface area contributed by atoms with Gasteiger partial charge in [0.25, 0.3) is 5.91 Å². The first-order valence-electron chi connectivity index (χ1n) is 6.81. The van der Waals surface area contributed by atoms with E-state index in [4.69, 9.17) is 11.6 Å². The van der Waals surface area contributed by atoms with Gasteiger partial charge in [0.2, 0.25) is 0 Å². The second-order valence-electron chi connectivity index (χ2n) is 5.28. The summed E-state index contributed by atoms with van der Waals surface area (Å²) >= 11 is 7.62. The quantitative estimate of drug-likeness (QED) is 0.681. The highest BCUT2D eigenvalue weighted by molar-refractivity contribution is 7.17. The lowest BCUT2D eigenvalue weighted by Crippen LogP contribution is -2.04. The summed E-state index contributed by atoms with van der Waals surface area (Å²) in [6.07, 6.45) is 3.94. The molecule has 1 amide bonds. The first-order valence-corrected chi connectivity index (χ1v) is 8.00. The van der Waals surface area contributed by atoms with Crippen LogP contribution in [0.25, 0.3) is 16.6 Å². The van der Waals surface area contributed by atoms with E-state index in [1.807, 2.05) is 36.6 Å². The SMILES string of the molecule is Cc1cn2c(/C=C3/C(=O)Nc4cc(Cl)ccc43)c(C)nc2s1. The molecule has 0 bridgehead atoms. The molecule has 110 valence electrons.